The van der Waals surface area contributed by atoms with E-state index < -0.39 is 0 Å². The highest BCUT2D eigenvalue weighted by molar-refractivity contribution is 5.71. The van der Waals surface area contributed by atoms with Gasteiger partial charge >= 0.3 is 0 Å². The van der Waals surface area contributed by atoms with E-state index in [0.717, 1.165) is 0 Å². The molecule has 0 fully saturated rings. The molecule has 0 bridgehead atoms. The summed E-state index contributed by atoms with van der Waals surface area (Å²) in [6, 6.07) is 0. The third kappa shape index (κ3) is 3.31. The van der Waals surface area contributed by atoms with Crippen LogP contribution in [-0.2, 0) is 0 Å². The van der Waals surface area contributed by atoms with E-state index in [1.54, 1.807) is 18.4 Å². The molecule has 0 aliphatic carbocycles. The summed E-state index contributed by atoms with van der Waals surface area (Å²) < 4.78 is 0. The van der Waals surface area contributed by atoms with Crippen molar-refractivity contribution in [3.8, 4) is 12.3 Å². The smallest absolute Gasteiger partial charge is 0.108 e. The second kappa shape index (κ2) is 4.86. The molecule has 0 saturated carbocycles. The van der Waals surface area contributed by atoms with E-state index >= 15 is 0 Å². The Balaban J connectivity index is 4.05. The van der Waals surface area contributed by atoms with Crippen molar-refractivity contribution in [3.05, 3.63) is 24.4 Å². The molecule has 0 amide bonds. The number of hydrogen-bond donors (Lipinski definition) is 0. The Morgan fingerprint density at radius 2 is 2.44 bits per heavy atom. The molecule has 0 N–H and O–H groups in total. The lowest BCUT2D eigenvalue weighted by Gasteiger charge is -1.82. The third-order valence-electron chi connectivity index (χ3n) is 0.740. The van der Waals surface area contributed by atoms with Gasteiger partial charge in [0.25, 0.3) is 0 Å². The zero-order valence-corrected chi connectivity index (χ0v) is 5.46. The number of rotatable bonds is 2. The summed E-state index contributed by atoms with van der Waals surface area (Å²) in [5.41, 5.74) is 0.634. The molecule has 0 aliphatic heterocycles. The van der Waals surface area contributed by atoms with Crippen LogP contribution in [0.4, 0.5) is 0 Å². The van der Waals surface area contributed by atoms with Crippen molar-refractivity contribution in [2.45, 2.75) is 6.92 Å². The van der Waals surface area contributed by atoms with Gasteiger partial charge < -0.3 is 0 Å². The highest BCUT2D eigenvalue weighted by Crippen LogP contribution is 1.90. The molecule has 0 aromatic rings. The molecule has 9 heavy (non-hydrogen) atoms. The molecule has 0 aromatic carbocycles. The molecular formula is C8H9N. The molecule has 0 aromatic heterocycles. The monoisotopic (exact) mass is 119 g/mol. The lowest BCUT2D eigenvalue weighted by atomic mass is 10.4. The minimum atomic E-state index is 0.634. The van der Waals surface area contributed by atoms with Crippen molar-refractivity contribution in [2.24, 2.45) is 4.99 Å². The molecule has 0 rings (SSSR count). The van der Waals surface area contributed by atoms with Gasteiger partial charge in [-0.3, -0.25) is 0 Å². The fraction of sp³-hybridized carbons (Fsp3) is 0.125. The Morgan fingerprint density at radius 3 is 2.78 bits per heavy atom. The maximum atomic E-state index is 5.06. The van der Waals surface area contributed by atoms with Gasteiger partial charge in [-0.25, -0.2) is 4.99 Å². The molecule has 0 radical (unpaired) electrons. The molecule has 0 aliphatic rings. The first kappa shape index (κ1) is 7.71. The van der Waals surface area contributed by atoms with Gasteiger partial charge in [-0.1, -0.05) is 24.7 Å². The number of terminal acetylenes is 1. The van der Waals surface area contributed by atoms with Crippen LogP contribution in [0.3, 0.4) is 0 Å². The SMILES string of the molecule is C#CC(=C/C)/N=C\C=C. The quantitative estimate of drug-likeness (QED) is 0.388. The molecule has 46 valence electrons. The van der Waals surface area contributed by atoms with E-state index in [9.17, 15) is 0 Å². The predicted octanol–water partition coefficient (Wildman–Crippen LogP) is 1.78. The lowest BCUT2D eigenvalue weighted by Crippen LogP contribution is -1.70. The van der Waals surface area contributed by atoms with Crippen LogP contribution >= 0.6 is 0 Å². The van der Waals surface area contributed by atoms with Crippen molar-refractivity contribution in [2.75, 3.05) is 0 Å². The summed E-state index contributed by atoms with van der Waals surface area (Å²) in [4.78, 5) is 3.86. The third-order valence-corrected chi connectivity index (χ3v) is 0.740. The van der Waals surface area contributed by atoms with Gasteiger partial charge in [-0.05, 0) is 6.92 Å². The van der Waals surface area contributed by atoms with E-state index in [1.165, 1.54) is 0 Å². The van der Waals surface area contributed by atoms with Gasteiger partial charge in [0, 0.05) is 6.21 Å². The first-order valence-corrected chi connectivity index (χ1v) is 2.63. The Morgan fingerprint density at radius 1 is 1.78 bits per heavy atom. The summed E-state index contributed by atoms with van der Waals surface area (Å²) in [6.45, 7) is 5.30. The van der Waals surface area contributed by atoms with Crippen molar-refractivity contribution >= 4 is 6.21 Å². The number of hydrogen-bond acceptors (Lipinski definition) is 1. The molecule has 0 unspecified atom stereocenters. The van der Waals surface area contributed by atoms with E-state index in [2.05, 4.69) is 17.5 Å². The van der Waals surface area contributed by atoms with Gasteiger partial charge in [0.1, 0.15) is 5.70 Å². The van der Waals surface area contributed by atoms with Crippen LogP contribution in [-0.4, -0.2) is 6.21 Å². The van der Waals surface area contributed by atoms with Crippen LogP contribution in [0.1, 0.15) is 6.92 Å². The van der Waals surface area contributed by atoms with E-state index in [0.29, 0.717) is 5.70 Å². The largest absolute Gasteiger partial charge is 0.248 e. The Hall–Kier alpha value is -1.29. The maximum Gasteiger partial charge on any atom is 0.108 e. The fourth-order valence-corrected chi connectivity index (χ4v) is 0.328. The Labute approximate surface area is 55.8 Å². The van der Waals surface area contributed by atoms with Crippen molar-refractivity contribution in [1.29, 1.82) is 0 Å². The number of nitrogens with zero attached hydrogens (tertiary/aromatic N) is 1. The number of aliphatic imine (C=N–C) groups is 1. The average Bonchev–Trinajstić information content (AvgIpc) is 1.91. The minimum absolute atomic E-state index is 0.634. The van der Waals surface area contributed by atoms with Gasteiger partial charge in [0.05, 0.1) is 0 Å². The van der Waals surface area contributed by atoms with Crippen molar-refractivity contribution in [1.82, 2.24) is 0 Å². The topological polar surface area (TPSA) is 12.4 Å². The number of allylic oxidation sites excluding steroid dienone is 3. The zero-order chi connectivity index (χ0) is 7.11. The van der Waals surface area contributed by atoms with Gasteiger partial charge in [0.15, 0.2) is 0 Å². The van der Waals surface area contributed by atoms with Crippen molar-refractivity contribution in [3.63, 3.8) is 0 Å². The summed E-state index contributed by atoms with van der Waals surface area (Å²) in [7, 11) is 0. The first-order valence-electron chi connectivity index (χ1n) is 2.63. The Bertz CT molecular complexity index is 179. The molecular weight excluding hydrogens is 110 g/mol. The van der Waals surface area contributed by atoms with Gasteiger partial charge in [-0.2, -0.15) is 0 Å². The second-order valence-electron chi connectivity index (χ2n) is 1.33. The molecule has 0 spiro atoms. The molecule has 0 saturated heterocycles. The summed E-state index contributed by atoms with van der Waals surface area (Å²) in [5.74, 6) is 2.40. The highest BCUT2D eigenvalue weighted by Gasteiger charge is 1.77. The Kier molecular flexibility index (Phi) is 4.16. The average molecular weight is 119 g/mol. The molecule has 1 nitrogen and oxygen atoms in total. The lowest BCUT2D eigenvalue weighted by molar-refractivity contribution is 1.44. The zero-order valence-electron chi connectivity index (χ0n) is 5.46. The van der Waals surface area contributed by atoms with E-state index in [4.69, 9.17) is 6.42 Å². The molecule has 0 heterocycles. The highest BCUT2D eigenvalue weighted by atomic mass is 14.7. The molecule has 0 atom stereocenters. The predicted molar refractivity (Wildman–Crippen MR) is 41.3 cm³/mol. The van der Waals surface area contributed by atoms with Gasteiger partial charge in [0.2, 0.25) is 0 Å². The van der Waals surface area contributed by atoms with Crippen molar-refractivity contribution < 1.29 is 0 Å². The van der Waals surface area contributed by atoms with Crippen LogP contribution in [0.25, 0.3) is 0 Å². The van der Waals surface area contributed by atoms with E-state index in [-0.39, 0.29) is 0 Å². The van der Waals surface area contributed by atoms with E-state index in [1.807, 2.05) is 6.92 Å². The van der Waals surface area contributed by atoms with Crippen LogP contribution in [0.2, 0.25) is 0 Å². The normalized spacial score (nSPS) is 11.3. The maximum absolute atomic E-state index is 5.06. The van der Waals surface area contributed by atoms with Crippen LogP contribution < -0.4 is 0 Å². The standard InChI is InChI=1S/C8H9N/c1-4-7-9-8(5-2)6-3/h2,4,6-7H,1H2,3H3/b8-6-,9-7-. The molecule has 1 heteroatoms. The first-order chi connectivity index (χ1) is 4.35. The summed E-state index contributed by atoms with van der Waals surface area (Å²) in [5, 5.41) is 0. The second-order valence-corrected chi connectivity index (χ2v) is 1.33. The van der Waals surface area contributed by atoms with Gasteiger partial charge in [-0.15, -0.1) is 6.42 Å². The summed E-state index contributed by atoms with van der Waals surface area (Å²) >= 11 is 0. The van der Waals surface area contributed by atoms with Crippen LogP contribution in [0, 0.1) is 12.3 Å². The fourth-order valence-electron chi connectivity index (χ4n) is 0.328. The minimum Gasteiger partial charge on any atom is -0.248 e. The summed E-state index contributed by atoms with van der Waals surface area (Å²) in [6.07, 6.45) is 9.97. The van der Waals surface area contributed by atoms with Crippen LogP contribution in [0.15, 0.2) is 29.4 Å². The van der Waals surface area contributed by atoms with Crippen LogP contribution in [0.5, 0.6) is 0 Å².